The zero-order valence-electron chi connectivity index (χ0n) is 14.8. The monoisotopic (exact) mass is 389 g/mol. The number of rotatable bonds is 8. The van der Waals surface area contributed by atoms with Crippen molar-refractivity contribution in [1.29, 1.82) is 0 Å². The van der Waals surface area contributed by atoms with Gasteiger partial charge in [0.05, 0.1) is 9.79 Å². The topological polar surface area (TPSA) is 86.8 Å². The fourth-order valence-corrected chi connectivity index (χ4v) is 4.55. The molecule has 142 valence electrons. The lowest BCUT2D eigenvalue weighted by molar-refractivity contribution is 0.152. The Hall–Kier alpha value is -1.00. The van der Waals surface area contributed by atoms with Crippen LogP contribution in [0.5, 0.6) is 0 Å². The van der Waals surface area contributed by atoms with E-state index in [0.717, 1.165) is 51.8 Å². The molecule has 1 saturated heterocycles. The maximum absolute atomic E-state index is 12.3. The molecule has 25 heavy (non-hydrogen) atoms. The standard InChI is InChI=1S/C16H27N3O4S2/c1-18-10-12-19(13-11-18)9-4-3-8-17-25(22,23)16-7-5-6-15(14-16)24(2,20)21/h5-7,14,17H,3-4,8-13H2,1-2H3. The normalized spacial score (nSPS) is 17.7. The summed E-state index contributed by atoms with van der Waals surface area (Å²) in [6.45, 7) is 5.58. The molecule has 0 aliphatic carbocycles. The molecule has 0 atom stereocenters. The van der Waals surface area contributed by atoms with Gasteiger partial charge in [-0.25, -0.2) is 21.6 Å². The van der Waals surface area contributed by atoms with Crippen molar-refractivity contribution in [2.24, 2.45) is 0 Å². The molecule has 1 aliphatic heterocycles. The molecule has 9 heteroatoms. The molecule has 0 aromatic heterocycles. The van der Waals surface area contributed by atoms with Crippen LogP contribution in [0.3, 0.4) is 0 Å². The Bertz CT molecular complexity index is 770. The molecule has 0 radical (unpaired) electrons. The quantitative estimate of drug-likeness (QED) is 0.648. The Balaban J connectivity index is 1.80. The van der Waals surface area contributed by atoms with Crippen molar-refractivity contribution < 1.29 is 16.8 Å². The predicted molar refractivity (Wildman–Crippen MR) is 97.9 cm³/mol. The molecule has 7 nitrogen and oxygen atoms in total. The van der Waals surface area contributed by atoms with E-state index in [4.69, 9.17) is 0 Å². The van der Waals surface area contributed by atoms with Crippen LogP contribution in [-0.2, 0) is 19.9 Å². The van der Waals surface area contributed by atoms with Crippen molar-refractivity contribution in [2.75, 3.05) is 52.6 Å². The van der Waals surface area contributed by atoms with Gasteiger partial charge in [0.1, 0.15) is 0 Å². The van der Waals surface area contributed by atoms with E-state index < -0.39 is 19.9 Å². The maximum Gasteiger partial charge on any atom is 0.240 e. The van der Waals surface area contributed by atoms with Crippen molar-refractivity contribution >= 4 is 19.9 Å². The molecule has 1 aromatic rings. The third kappa shape index (κ3) is 6.34. The van der Waals surface area contributed by atoms with Crippen LogP contribution in [0.2, 0.25) is 0 Å². The molecule has 0 bridgehead atoms. The Kier molecular flexibility index (Phi) is 6.98. The van der Waals surface area contributed by atoms with Crippen molar-refractivity contribution in [2.45, 2.75) is 22.6 Å². The third-order valence-corrected chi connectivity index (χ3v) is 6.90. The zero-order chi connectivity index (χ0) is 18.5. The fourth-order valence-electron chi connectivity index (χ4n) is 2.69. The fraction of sp³-hybridized carbons (Fsp3) is 0.625. The minimum Gasteiger partial charge on any atom is -0.304 e. The SMILES string of the molecule is CN1CCN(CCCCNS(=O)(=O)c2cccc(S(C)(=O)=O)c2)CC1. The molecule has 1 heterocycles. The number of benzene rings is 1. The summed E-state index contributed by atoms with van der Waals surface area (Å²) < 4.78 is 50.2. The van der Waals surface area contributed by atoms with Gasteiger partial charge >= 0.3 is 0 Å². The van der Waals surface area contributed by atoms with Gasteiger partial charge in [-0.05, 0) is 44.6 Å². The first kappa shape index (κ1) is 20.3. The Labute approximate surface area is 151 Å². The average Bonchev–Trinajstić information content (AvgIpc) is 2.55. The highest BCUT2D eigenvalue weighted by molar-refractivity contribution is 7.91. The van der Waals surface area contributed by atoms with Gasteiger partial charge < -0.3 is 9.80 Å². The highest BCUT2D eigenvalue weighted by atomic mass is 32.2. The third-order valence-electron chi connectivity index (χ3n) is 4.33. The number of likely N-dealkylation sites (N-methyl/N-ethyl adjacent to an activating group) is 1. The largest absolute Gasteiger partial charge is 0.304 e. The van der Waals surface area contributed by atoms with E-state index in [9.17, 15) is 16.8 Å². The predicted octanol–water partition coefficient (Wildman–Crippen LogP) is 0.396. The number of unbranched alkanes of at least 4 members (excludes halogenated alkanes) is 1. The van der Waals surface area contributed by atoms with Crippen LogP contribution in [0.15, 0.2) is 34.1 Å². The summed E-state index contributed by atoms with van der Waals surface area (Å²) in [5, 5.41) is 0. The molecule has 2 rings (SSSR count). The summed E-state index contributed by atoms with van der Waals surface area (Å²) in [4.78, 5) is 4.68. The summed E-state index contributed by atoms with van der Waals surface area (Å²) >= 11 is 0. The Morgan fingerprint density at radius 3 is 2.28 bits per heavy atom. The van der Waals surface area contributed by atoms with Gasteiger partial charge in [-0.2, -0.15) is 0 Å². The lowest BCUT2D eigenvalue weighted by atomic mass is 10.2. The average molecular weight is 390 g/mol. The van der Waals surface area contributed by atoms with E-state index in [-0.39, 0.29) is 9.79 Å². The number of sulfone groups is 1. The van der Waals surface area contributed by atoms with E-state index in [2.05, 4.69) is 21.6 Å². The van der Waals surface area contributed by atoms with Crippen molar-refractivity contribution in [3.8, 4) is 0 Å². The van der Waals surface area contributed by atoms with Crippen molar-refractivity contribution in [3.05, 3.63) is 24.3 Å². The summed E-state index contributed by atoms with van der Waals surface area (Å²) in [6.07, 6.45) is 2.73. The van der Waals surface area contributed by atoms with Crippen molar-refractivity contribution in [1.82, 2.24) is 14.5 Å². The maximum atomic E-state index is 12.3. The van der Waals surface area contributed by atoms with E-state index in [1.807, 2.05) is 0 Å². The minimum absolute atomic E-state index is 0.00504. The van der Waals surface area contributed by atoms with E-state index >= 15 is 0 Å². The molecule has 1 fully saturated rings. The lowest BCUT2D eigenvalue weighted by Gasteiger charge is -2.32. The molecule has 0 spiro atoms. The molecule has 1 aliphatic rings. The first-order valence-electron chi connectivity index (χ1n) is 8.39. The smallest absolute Gasteiger partial charge is 0.240 e. The summed E-state index contributed by atoms with van der Waals surface area (Å²) in [6, 6.07) is 5.44. The van der Waals surface area contributed by atoms with Crippen LogP contribution in [0.1, 0.15) is 12.8 Å². The van der Waals surface area contributed by atoms with E-state index in [1.54, 1.807) is 0 Å². The zero-order valence-corrected chi connectivity index (χ0v) is 16.4. The summed E-state index contributed by atoms with van der Waals surface area (Å²) in [7, 11) is -5.01. The number of hydrogen-bond acceptors (Lipinski definition) is 6. The number of sulfonamides is 1. The van der Waals surface area contributed by atoms with Gasteiger partial charge in [-0.15, -0.1) is 0 Å². The van der Waals surface area contributed by atoms with Crippen LogP contribution in [-0.4, -0.2) is 79.2 Å². The molecule has 1 N–H and O–H groups in total. The van der Waals surface area contributed by atoms with E-state index in [1.165, 1.54) is 24.3 Å². The van der Waals surface area contributed by atoms with Crippen LogP contribution >= 0.6 is 0 Å². The first-order valence-corrected chi connectivity index (χ1v) is 11.8. The molecule has 1 aromatic carbocycles. The van der Waals surface area contributed by atoms with Crippen LogP contribution < -0.4 is 4.72 Å². The Morgan fingerprint density at radius 2 is 1.64 bits per heavy atom. The van der Waals surface area contributed by atoms with Gasteiger partial charge in [0, 0.05) is 39.0 Å². The summed E-state index contributed by atoms with van der Waals surface area (Å²) in [5.74, 6) is 0. The summed E-state index contributed by atoms with van der Waals surface area (Å²) in [5.41, 5.74) is 0. The molecular weight excluding hydrogens is 362 g/mol. The highest BCUT2D eigenvalue weighted by Gasteiger charge is 2.17. The molecule has 0 amide bonds. The second-order valence-electron chi connectivity index (χ2n) is 6.50. The second-order valence-corrected chi connectivity index (χ2v) is 10.3. The number of nitrogens with zero attached hydrogens (tertiary/aromatic N) is 2. The van der Waals surface area contributed by atoms with Gasteiger partial charge in [-0.3, -0.25) is 0 Å². The van der Waals surface area contributed by atoms with Gasteiger partial charge in [-0.1, -0.05) is 6.07 Å². The van der Waals surface area contributed by atoms with E-state index in [0.29, 0.717) is 6.54 Å². The molecular formula is C16H27N3O4S2. The molecule has 0 saturated carbocycles. The van der Waals surface area contributed by atoms with Crippen LogP contribution in [0.25, 0.3) is 0 Å². The highest BCUT2D eigenvalue weighted by Crippen LogP contribution is 2.15. The van der Waals surface area contributed by atoms with Gasteiger partial charge in [0.15, 0.2) is 9.84 Å². The second kappa shape index (κ2) is 8.59. The minimum atomic E-state index is -3.69. The number of hydrogen-bond donors (Lipinski definition) is 1. The molecule has 0 unspecified atom stereocenters. The Morgan fingerprint density at radius 1 is 1.00 bits per heavy atom. The van der Waals surface area contributed by atoms with Crippen molar-refractivity contribution in [3.63, 3.8) is 0 Å². The first-order chi connectivity index (χ1) is 11.7. The van der Waals surface area contributed by atoms with Gasteiger partial charge in [0.25, 0.3) is 0 Å². The number of nitrogens with one attached hydrogen (secondary N) is 1. The number of piperazine rings is 1. The van der Waals surface area contributed by atoms with Crippen LogP contribution in [0.4, 0.5) is 0 Å². The lowest BCUT2D eigenvalue weighted by Crippen LogP contribution is -2.44. The van der Waals surface area contributed by atoms with Gasteiger partial charge in [0.2, 0.25) is 10.0 Å². The van der Waals surface area contributed by atoms with Crippen LogP contribution in [0, 0.1) is 0 Å².